The summed E-state index contributed by atoms with van der Waals surface area (Å²) in [6.07, 6.45) is -0.549. The van der Waals surface area contributed by atoms with Crippen molar-refractivity contribution in [2.75, 3.05) is 0 Å². The van der Waals surface area contributed by atoms with E-state index in [2.05, 4.69) is 5.10 Å². The molecule has 0 rings (SSSR count). The average molecular weight is 416 g/mol. The first-order valence-corrected chi connectivity index (χ1v) is 9.57. The van der Waals surface area contributed by atoms with E-state index in [0.29, 0.717) is 4.90 Å². The Morgan fingerprint density at radius 2 is 1.24 bits per heavy atom. The van der Waals surface area contributed by atoms with Gasteiger partial charge in [-0.25, -0.2) is 14.4 Å². The van der Waals surface area contributed by atoms with Gasteiger partial charge in [0, 0.05) is 6.21 Å². The fraction of sp³-hybridized carbons (Fsp3) is 0.800. The molecule has 0 radical (unpaired) electrons. The Balaban J connectivity index is 6.16. The van der Waals surface area contributed by atoms with Crippen molar-refractivity contribution in [3.05, 3.63) is 0 Å². The molecule has 0 fully saturated rings. The quantitative estimate of drug-likeness (QED) is 0.238. The van der Waals surface area contributed by atoms with Gasteiger partial charge in [0.15, 0.2) is 0 Å². The monoisotopic (exact) mass is 415 g/mol. The van der Waals surface area contributed by atoms with Gasteiger partial charge in [-0.05, 0) is 74.7 Å². The summed E-state index contributed by atoms with van der Waals surface area (Å²) in [6, 6.07) is -1.29. The van der Waals surface area contributed by atoms with Gasteiger partial charge < -0.3 is 20.1 Å². The van der Waals surface area contributed by atoms with Gasteiger partial charge in [0.1, 0.15) is 22.8 Å². The van der Waals surface area contributed by atoms with Crippen molar-refractivity contribution in [3.63, 3.8) is 0 Å². The van der Waals surface area contributed by atoms with Crippen LogP contribution >= 0.6 is 0 Å². The SMILES string of the molecule is C[C@H](/C=N/N)C[C@@H](C(=O)OC(C)(C)C)N(C(=O)OC(C)(C)C)C(=O)OC(C)(C)C. The van der Waals surface area contributed by atoms with Gasteiger partial charge in [0.25, 0.3) is 0 Å². The number of hydrazone groups is 1. The minimum Gasteiger partial charge on any atom is -0.458 e. The standard InChI is InChI=1S/C20H37N3O6/c1-13(12-22-21)11-14(15(24)27-18(2,3)4)23(16(25)28-19(5,6)7)17(26)29-20(8,9)10/h12-14H,11,21H2,1-10H3/b22-12+/t13-,14-/m0/s1. The summed E-state index contributed by atoms with van der Waals surface area (Å²) in [4.78, 5) is 39.3. The zero-order valence-corrected chi connectivity index (χ0v) is 19.4. The smallest absolute Gasteiger partial charge is 0.420 e. The molecule has 0 aliphatic carbocycles. The van der Waals surface area contributed by atoms with Gasteiger partial charge in [-0.3, -0.25) is 0 Å². The third-order valence-corrected chi connectivity index (χ3v) is 3.11. The molecule has 0 saturated heterocycles. The lowest BCUT2D eigenvalue weighted by atomic mass is 10.0. The van der Waals surface area contributed by atoms with Crippen LogP contribution in [0, 0.1) is 5.92 Å². The minimum atomic E-state index is -1.29. The summed E-state index contributed by atoms with van der Waals surface area (Å²) >= 11 is 0. The topological polar surface area (TPSA) is 121 Å². The molecule has 0 aromatic heterocycles. The van der Waals surface area contributed by atoms with Gasteiger partial charge in [-0.15, -0.1) is 0 Å². The number of rotatable bonds is 5. The Kier molecular flexibility index (Phi) is 9.14. The van der Waals surface area contributed by atoms with E-state index in [0.717, 1.165) is 0 Å². The maximum atomic E-state index is 12.9. The van der Waals surface area contributed by atoms with Crippen molar-refractivity contribution >= 4 is 24.4 Å². The summed E-state index contributed by atoms with van der Waals surface area (Å²) < 4.78 is 16.2. The number of imide groups is 1. The fourth-order valence-corrected chi connectivity index (χ4v) is 2.19. The van der Waals surface area contributed by atoms with Crippen LogP contribution in [-0.4, -0.2) is 52.1 Å². The van der Waals surface area contributed by atoms with Crippen molar-refractivity contribution in [2.24, 2.45) is 16.9 Å². The minimum absolute atomic E-state index is 0.0358. The molecule has 0 aliphatic heterocycles. The third kappa shape index (κ3) is 11.3. The van der Waals surface area contributed by atoms with Crippen LogP contribution in [-0.2, 0) is 19.0 Å². The molecule has 9 nitrogen and oxygen atoms in total. The molecular weight excluding hydrogens is 378 g/mol. The first-order valence-electron chi connectivity index (χ1n) is 9.57. The Bertz CT molecular complexity index is 583. The third-order valence-electron chi connectivity index (χ3n) is 3.11. The Morgan fingerprint density at radius 3 is 1.55 bits per heavy atom. The van der Waals surface area contributed by atoms with E-state index in [9.17, 15) is 14.4 Å². The molecule has 0 aliphatic rings. The van der Waals surface area contributed by atoms with Gasteiger partial charge >= 0.3 is 18.2 Å². The lowest BCUT2D eigenvalue weighted by molar-refractivity contribution is -0.161. The van der Waals surface area contributed by atoms with E-state index < -0.39 is 41.0 Å². The van der Waals surface area contributed by atoms with Gasteiger partial charge in [-0.1, -0.05) is 6.92 Å². The molecule has 0 bridgehead atoms. The van der Waals surface area contributed by atoms with Crippen molar-refractivity contribution in [2.45, 2.75) is 98.5 Å². The van der Waals surface area contributed by atoms with Crippen LogP contribution in [0.25, 0.3) is 0 Å². The molecule has 29 heavy (non-hydrogen) atoms. The number of carbonyl (C=O) groups excluding carboxylic acids is 3. The highest BCUT2D eigenvalue weighted by atomic mass is 16.6. The summed E-state index contributed by atoms with van der Waals surface area (Å²) in [5, 5.41) is 3.46. The average Bonchev–Trinajstić information content (AvgIpc) is 2.40. The lowest BCUT2D eigenvalue weighted by Gasteiger charge is -2.34. The van der Waals surface area contributed by atoms with E-state index in [4.69, 9.17) is 20.1 Å². The van der Waals surface area contributed by atoms with Crippen LogP contribution in [0.15, 0.2) is 5.10 Å². The zero-order chi connectivity index (χ0) is 23.2. The summed E-state index contributed by atoms with van der Waals surface area (Å²) in [5.74, 6) is 4.11. The van der Waals surface area contributed by atoms with E-state index >= 15 is 0 Å². The molecule has 0 unspecified atom stereocenters. The number of hydrogen-bond donors (Lipinski definition) is 1. The maximum Gasteiger partial charge on any atom is 0.420 e. The van der Waals surface area contributed by atoms with Crippen LogP contribution in [0.2, 0.25) is 0 Å². The first-order chi connectivity index (χ1) is 12.9. The molecule has 168 valence electrons. The molecule has 0 aromatic rings. The zero-order valence-electron chi connectivity index (χ0n) is 19.4. The molecular formula is C20H37N3O6. The van der Waals surface area contributed by atoms with Crippen molar-refractivity contribution in [1.29, 1.82) is 0 Å². The number of amides is 2. The first kappa shape index (κ1) is 26.7. The van der Waals surface area contributed by atoms with Crippen molar-refractivity contribution in [1.82, 2.24) is 4.90 Å². The van der Waals surface area contributed by atoms with E-state index in [1.807, 2.05) is 0 Å². The number of esters is 1. The van der Waals surface area contributed by atoms with Crippen LogP contribution in [0.4, 0.5) is 9.59 Å². The lowest BCUT2D eigenvalue weighted by Crippen LogP contribution is -2.53. The summed E-state index contributed by atoms with van der Waals surface area (Å²) in [7, 11) is 0. The number of hydrogen-bond acceptors (Lipinski definition) is 8. The van der Waals surface area contributed by atoms with Crippen molar-refractivity contribution < 1.29 is 28.6 Å². The second-order valence-electron chi connectivity index (χ2n) is 9.89. The summed E-state index contributed by atoms with van der Waals surface area (Å²) in [5.41, 5.74) is -2.60. The molecule has 0 aromatic carbocycles. The molecule has 0 saturated carbocycles. The highest BCUT2D eigenvalue weighted by Crippen LogP contribution is 2.22. The molecule has 9 heteroatoms. The van der Waals surface area contributed by atoms with E-state index in [-0.39, 0.29) is 12.3 Å². The van der Waals surface area contributed by atoms with Crippen LogP contribution < -0.4 is 5.84 Å². The molecule has 2 atom stereocenters. The van der Waals surface area contributed by atoms with Crippen LogP contribution in [0.1, 0.15) is 75.7 Å². The van der Waals surface area contributed by atoms with Gasteiger partial charge in [-0.2, -0.15) is 10.0 Å². The number of nitrogens with two attached hydrogens (primary N) is 1. The Labute approximate surface area is 173 Å². The second kappa shape index (κ2) is 9.93. The van der Waals surface area contributed by atoms with Crippen LogP contribution in [0.3, 0.4) is 0 Å². The summed E-state index contributed by atoms with van der Waals surface area (Å²) in [6.45, 7) is 16.8. The Hall–Kier alpha value is -2.32. The fourth-order valence-electron chi connectivity index (χ4n) is 2.19. The highest BCUT2D eigenvalue weighted by molar-refractivity contribution is 5.94. The molecule has 2 amide bonds. The largest absolute Gasteiger partial charge is 0.458 e. The number of nitrogens with zero attached hydrogens (tertiary/aromatic N) is 2. The maximum absolute atomic E-state index is 12.9. The number of carbonyl (C=O) groups is 3. The normalized spacial score (nSPS) is 14.8. The molecule has 0 heterocycles. The second-order valence-corrected chi connectivity index (χ2v) is 9.89. The predicted octanol–water partition coefficient (Wildman–Crippen LogP) is 3.84. The van der Waals surface area contributed by atoms with Crippen molar-refractivity contribution in [3.8, 4) is 0 Å². The highest BCUT2D eigenvalue weighted by Gasteiger charge is 2.42. The van der Waals surface area contributed by atoms with Gasteiger partial charge in [0.2, 0.25) is 0 Å². The Morgan fingerprint density at radius 1 is 0.862 bits per heavy atom. The van der Waals surface area contributed by atoms with E-state index in [1.54, 1.807) is 69.2 Å². The molecule has 0 spiro atoms. The predicted molar refractivity (Wildman–Crippen MR) is 110 cm³/mol. The molecule has 2 N–H and O–H groups in total. The van der Waals surface area contributed by atoms with Crippen LogP contribution in [0.5, 0.6) is 0 Å². The van der Waals surface area contributed by atoms with E-state index in [1.165, 1.54) is 6.21 Å². The van der Waals surface area contributed by atoms with Gasteiger partial charge in [0.05, 0.1) is 0 Å². The number of ether oxygens (including phenoxy) is 3.